The highest BCUT2D eigenvalue weighted by atomic mass is 16.5. The number of piperidine rings is 1. The molecule has 6 nitrogen and oxygen atoms in total. The Morgan fingerprint density at radius 3 is 2.33 bits per heavy atom. The molecule has 2 fully saturated rings. The molecule has 1 saturated carbocycles. The van der Waals surface area contributed by atoms with Crippen LogP contribution in [0, 0.1) is 19.3 Å². The smallest absolute Gasteiger partial charge is 0.225 e. The molecule has 1 N–H and O–H groups in total. The molecule has 24 heavy (non-hydrogen) atoms. The number of methoxy groups -OCH3 is 1. The average molecular weight is 332 g/mol. The Hall–Kier alpha value is -1.69. The van der Waals surface area contributed by atoms with Gasteiger partial charge < -0.3 is 15.0 Å². The van der Waals surface area contributed by atoms with Crippen molar-refractivity contribution >= 4 is 17.5 Å². The Morgan fingerprint density at radius 1 is 1.25 bits per heavy atom. The highest BCUT2D eigenvalue weighted by Gasteiger charge is 2.39. The molecule has 1 aromatic rings. The maximum atomic E-state index is 12.2. The summed E-state index contributed by atoms with van der Waals surface area (Å²) in [5, 5.41) is 3.02. The number of rotatable bonds is 5. The minimum absolute atomic E-state index is 0.0680. The quantitative estimate of drug-likeness (QED) is 0.898. The minimum atomic E-state index is 0.0680. The molecule has 1 aliphatic carbocycles. The predicted molar refractivity (Wildman–Crippen MR) is 94.3 cm³/mol. The van der Waals surface area contributed by atoms with Gasteiger partial charge in [-0.05, 0) is 44.9 Å². The second-order valence-electron chi connectivity index (χ2n) is 7.53. The van der Waals surface area contributed by atoms with Gasteiger partial charge in [0, 0.05) is 26.6 Å². The van der Waals surface area contributed by atoms with Crippen LogP contribution in [0.2, 0.25) is 0 Å². The highest BCUT2D eigenvalue weighted by molar-refractivity contribution is 5.92. The molecule has 2 heterocycles. The molecule has 0 spiro atoms. The Morgan fingerprint density at radius 2 is 1.83 bits per heavy atom. The lowest BCUT2D eigenvalue weighted by molar-refractivity contribution is -0.117. The standard InChI is InChI=1S/C18H28N4O2/c1-12-16(21-15(23)11-18(3)7-8-18)13(2)20-17(19-12)22-9-5-14(24-4)6-10-22/h14H,5-11H2,1-4H3,(H,21,23). The summed E-state index contributed by atoms with van der Waals surface area (Å²) in [5.74, 6) is 0.824. The van der Waals surface area contributed by atoms with Gasteiger partial charge in [0.05, 0.1) is 23.2 Å². The number of aromatic nitrogens is 2. The molecular formula is C18H28N4O2. The zero-order valence-electron chi connectivity index (χ0n) is 15.2. The van der Waals surface area contributed by atoms with E-state index in [2.05, 4.69) is 27.1 Å². The average Bonchev–Trinajstić information content (AvgIpc) is 3.27. The summed E-state index contributed by atoms with van der Waals surface area (Å²) in [5.41, 5.74) is 2.64. The molecule has 0 radical (unpaired) electrons. The van der Waals surface area contributed by atoms with Crippen molar-refractivity contribution in [2.45, 2.75) is 59.0 Å². The molecule has 1 amide bonds. The van der Waals surface area contributed by atoms with Gasteiger partial charge in [0.2, 0.25) is 11.9 Å². The number of nitrogens with one attached hydrogen (secondary N) is 1. The van der Waals surface area contributed by atoms with E-state index in [0.29, 0.717) is 12.5 Å². The molecule has 1 saturated heterocycles. The van der Waals surface area contributed by atoms with Crippen molar-refractivity contribution < 1.29 is 9.53 Å². The van der Waals surface area contributed by atoms with Gasteiger partial charge in [-0.2, -0.15) is 0 Å². The molecule has 132 valence electrons. The van der Waals surface area contributed by atoms with E-state index in [-0.39, 0.29) is 11.3 Å². The van der Waals surface area contributed by atoms with Gasteiger partial charge in [0.15, 0.2) is 0 Å². The lowest BCUT2D eigenvalue weighted by atomic mass is 10.1. The molecule has 3 rings (SSSR count). The van der Waals surface area contributed by atoms with Crippen LogP contribution in [0.3, 0.4) is 0 Å². The van der Waals surface area contributed by atoms with Crippen molar-refractivity contribution in [3.63, 3.8) is 0 Å². The Kier molecular flexibility index (Phi) is 4.76. The molecule has 0 unspecified atom stereocenters. The fourth-order valence-electron chi connectivity index (χ4n) is 3.27. The van der Waals surface area contributed by atoms with E-state index in [0.717, 1.165) is 61.8 Å². The fourth-order valence-corrected chi connectivity index (χ4v) is 3.27. The number of nitrogens with zero attached hydrogens (tertiary/aromatic N) is 3. The molecule has 0 bridgehead atoms. The zero-order valence-corrected chi connectivity index (χ0v) is 15.2. The first kappa shape index (κ1) is 17.1. The third kappa shape index (κ3) is 3.86. The first-order chi connectivity index (χ1) is 11.4. The summed E-state index contributed by atoms with van der Waals surface area (Å²) in [7, 11) is 1.77. The van der Waals surface area contributed by atoms with E-state index in [4.69, 9.17) is 4.74 Å². The summed E-state index contributed by atoms with van der Waals surface area (Å²) in [6.07, 6.45) is 5.20. The third-order valence-electron chi connectivity index (χ3n) is 5.27. The van der Waals surface area contributed by atoms with Crippen LogP contribution in [-0.4, -0.2) is 42.2 Å². The highest BCUT2D eigenvalue weighted by Crippen LogP contribution is 2.48. The van der Waals surface area contributed by atoms with Crippen molar-refractivity contribution in [3.8, 4) is 0 Å². The number of aryl methyl sites for hydroxylation is 2. The van der Waals surface area contributed by atoms with E-state index in [1.54, 1.807) is 7.11 Å². The molecule has 6 heteroatoms. The third-order valence-corrected chi connectivity index (χ3v) is 5.27. The molecule has 1 aromatic heterocycles. The van der Waals surface area contributed by atoms with Crippen molar-refractivity contribution in [1.82, 2.24) is 9.97 Å². The topological polar surface area (TPSA) is 67.3 Å². The van der Waals surface area contributed by atoms with E-state index in [1.807, 2.05) is 13.8 Å². The molecule has 2 aliphatic rings. The van der Waals surface area contributed by atoms with Crippen LogP contribution in [0.5, 0.6) is 0 Å². The van der Waals surface area contributed by atoms with Crippen LogP contribution >= 0.6 is 0 Å². The van der Waals surface area contributed by atoms with Crippen molar-refractivity contribution in [2.24, 2.45) is 5.41 Å². The second kappa shape index (κ2) is 6.67. The fraction of sp³-hybridized carbons (Fsp3) is 0.722. The number of hydrogen-bond donors (Lipinski definition) is 1. The summed E-state index contributed by atoms with van der Waals surface area (Å²) in [4.78, 5) is 23.7. The summed E-state index contributed by atoms with van der Waals surface area (Å²) in [6.45, 7) is 7.85. The van der Waals surface area contributed by atoms with Crippen LogP contribution in [0.25, 0.3) is 0 Å². The SMILES string of the molecule is COC1CCN(c2nc(C)c(NC(=O)CC3(C)CC3)c(C)n2)CC1. The largest absolute Gasteiger partial charge is 0.381 e. The monoisotopic (exact) mass is 332 g/mol. The predicted octanol–water partition coefficient (Wildman–Crippen LogP) is 2.84. The molecule has 1 aliphatic heterocycles. The first-order valence-electron chi connectivity index (χ1n) is 8.83. The Bertz CT molecular complexity index is 596. The van der Waals surface area contributed by atoms with Gasteiger partial charge in [-0.1, -0.05) is 6.92 Å². The number of ether oxygens (including phenoxy) is 1. The summed E-state index contributed by atoms with van der Waals surface area (Å²) in [6, 6.07) is 0. The maximum absolute atomic E-state index is 12.2. The van der Waals surface area contributed by atoms with Crippen molar-refractivity contribution in [2.75, 3.05) is 30.4 Å². The van der Waals surface area contributed by atoms with Crippen molar-refractivity contribution in [1.29, 1.82) is 0 Å². The second-order valence-corrected chi connectivity index (χ2v) is 7.53. The van der Waals surface area contributed by atoms with Gasteiger partial charge in [-0.3, -0.25) is 4.79 Å². The van der Waals surface area contributed by atoms with Gasteiger partial charge in [0.25, 0.3) is 0 Å². The number of anilines is 2. The Labute approximate surface area is 144 Å². The summed E-state index contributed by atoms with van der Waals surface area (Å²) < 4.78 is 5.42. The minimum Gasteiger partial charge on any atom is -0.381 e. The van der Waals surface area contributed by atoms with Crippen LogP contribution in [-0.2, 0) is 9.53 Å². The van der Waals surface area contributed by atoms with Gasteiger partial charge in [-0.15, -0.1) is 0 Å². The lowest BCUT2D eigenvalue weighted by Crippen LogP contribution is -2.37. The Balaban J connectivity index is 1.68. The molecule has 0 atom stereocenters. The van der Waals surface area contributed by atoms with Crippen LogP contribution in [0.15, 0.2) is 0 Å². The van der Waals surface area contributed by atoms with Crippen LogP contribution in [0.1, 0.15) is 50.4 Å². The van der Waals surface area contributed by atoms with E-state index in [9.17, 15) is 4.79 Å². The summed E-state index contributed by atoms with van der Waals surface area (Å²) >= 11 is 0. The van der Waals surface area contributed by atoms with Crippen LogP contribution < -0.4 is 10.2 Å². The van der Waals surface area contributed by atoms with E-state index >= 15 is 0 Å². The van der Waals surface area contributed by atoms with Gasteiger partial charge in [0.1, 0.15) is 0 Å². The van der Waals surface area contributed by atoms with Gasteiger partial charge in [-0.25, -0.2) is 9.97 Å². The normalized spacial score (nSPS) is 20.1. The molecular weight excluding hydrogens is 304 g/mol. The zero-order chi connectivity index (χ0) is 17.3. The first-order valence-corrected chi connectivity index (χ1v) is 8.83. The van der Waals surface area contributed by atoms with Gasteiger partial charge >= 0.3 is 0 Å². The number of amides is 1. The van der Waals surface area contributed by atoms with Crippen LogP contribution in [0.4, 0.5) is 11.6 Å². The van der Waals surface area contributed by atoms with Crippen molar-refractivity contribution in [3.05, 3.63) is 11.4 Å². The molecule has 0 aromatic carbocycles. The number of carbonyl (C=O) groups excluding carboxylic acids is 1. The lowest BCUT2D eigenvalue weighted by Gasteiger charge is -2.31. The van der Waals surface area contributed by atoms with E-state index in [1.165, 1.54) is 0 Å². The number of carbonyl (C=O) groups is 1. The van der Waals surface area contributed by atoms with E-state index < -0.39 is 0 Å². The maximum Gasteiger partial charge on any atom is 0.225 e. The number of hydrogen-bond acceptors (Lipinski definition) is 5.